The Bertz CT molecular complexity index is 993. The first-order chi connectivity index (χ1) is 13.1. The molecule has 0 spiro atoms. The quantitative estimate of drug-likeness (QED) is 0.790. The predicted molar refractivity (Wildman–Crippen MR) is 106 cm³/mol. The van der Waals surface area contributed by atoms with Crippen molar-refractivity contribution >= 4 is 34.6 Å². The molecule has 6 heteroatoms. The Hall–Kier alpha value is -3.54. The van der Waals surface area contributed by atoms with Gasteiger partial charge in [-0.05, 0) is 38.1 Å². The van der Waals surface area contributed by atoms with Gasteiger partial charge in [-0.25, -0.2) is 0 Å². The van der Waals surface area contributed by atoms with E-state index in [1.54, 1.807) is 19.9 Å². The summed E-state index contributed by atoms with van der Waals surface area (Å²) in [6.07, 6.45) is 1.67. The standard InChI is InChI=1S/C21H18N4O2/c1-14-18(20(26)24(22-14)16-9-5-3-6-10-16)13-19-15(2)23-25(21(19)27)17-11-7-4-8-12-17/h3-13,18H,1-2H3/b19-13-/t18-/m0/s1. The maximum Gasteiger partial charge on any atom is 0.280 e. The zero-order valence-electron chi connectivity index (χ0n) is 15.0. The van der Waals surface area contributed by atoms with E-state index in [1.807, 2.05) is 60.7 Å². The van der Waals surface area contributed by atoms with Crippen molar-refractivity contribution in [2.45, 2.75) is 13.8 Å². The van der Waals surface area contributed by atoms with Gasteiger partial charge in [0.2, 0.25) is 0 Å². The number of benzene rings is 2. The Morgan fingerprint density at radius 2 is 1.37 bits per heavy atom. The topological polar surface area (TPSA) is 65.3 Å². The van der Waals surface area contributed by atoms with Gasteiger partial charge < -0.3 is 0 Å². The van der Waals surface area contributed by atoms with E-state index in [2.05, 4.69) is 10.2 Å². The second kappa shape index (κ2) is 6.64. The minimum absolute atomic E-state index is 0.176. The number of amides is 2. The first-order valence-corrected chi connectivity index (χ1v) is 8.67. The lowest BCUT2D eigenvalue weighted by molar-refractivity contribution is -0.118. The van der Waals surface area contributed by atoms with Crippen LogP contribution >= 0.6 is 0 Å². The third kappa shape index (κ3) is 2.95. The van der Waals surface area contributed by atoms with Crippen molar-refractivity contribution in [3.8, 4) is 0 Å². The molecule has 0 saturated carbocycles. The average molecular weight is 358 g/mol. The number of rotatable bonds is 3. The first-order valence-electron chi connectivity index (χ1n) is 8.67. The van der Waals surface area contributed by atoms with Crippen LogP contribution in [0.1, 0.15) is 13.8 Å². The molecule has 0 bridgehead atoms. The third-order valence-corrected chi connectivity index (χ3v) is 4.58. The molecule has 0 saturated heterocycles. The zero-order chi connectivity index (χ0) is 19.0. The third-order valence-electron chi connectivity index (χ3n) is 4.58. The SMILES string of the molecule is CC1=NN(c2ccccc2)C(=O)/C1=C\[C@@H]1C(=O)N(c2ccccc2)N=C1C. The van der Waals surface area contributed by atoms with E-state index in [0.717, 1.165) is 0 Å². The molecule has 2 aliphatic heterocycles. The molecule has 0 aromatic heterocycles. The number of carbonyl (C=O) groups excluding carboxylic acids is 2. The van der Waals surface area contributed by atoms with E-state index in [-0.39, 0.29) is 11.8 Å². The van der Waals surface area contributed by atoms with Gasteiger partial charge in [0.05, 0.1) is 34.3 Å². The highest BCUT2D eigenvalue weighted by Crippen LogP contribution is 2.28. The largest absolute Gasteiger partial charge is 0.280 e. The fourth-order valence-corrected chi connectivity index (χ4v) is 3.15. The first kappa shape index (κ1) is 16.9. The van der Waals surface area contributed by atoms with Crippen molar-refractivity contribution in [2.24, 2.45) is 16.1 Å². The molecule has 0 radical (unpaired) electrons. The van der Waals surface area contributed by atoms with Crippen LogP contribution in [0.2, 0.25) is 0 Å². The fraction of sp³-hybridized carbons (Fsp3) is 0.143. The van der Waals surface area contributed by atoms with Crippen molar-refractivity contribution in [3.63, 3.8) is 0 Å². The molecule has 0 N–H and O–H groups in total. The van der Waals surface area contributed by atoms with Crippen LogP contribution in [0.15, 0.2) is 82.5 Å². The van der Waals surface area contributed by atoms with Crippen LogP contribution in [0.3, 0.4) is 0 Å². The zero-order valence-corrected chi connectivity index (χ0v) is 15.0. The van der Waals surface area contributed by atoms with E-state index < -0.39 is 5.92 Å². The maximum atomic E-state index is 12.9. The van der Waals surface area contributed by atoms with Crippen LogP contribution in [0, 0.1) is 5.92 Å². The summed E-state index contributed by atoms with van der Waals surface area (Å²) in [7, 11) is 0. The molecule has 6 nitrogen and oxygen atoms in total. The van der Waals surface area contributed by atoms with Gasteiger partial charge in [-0.1, -0.05) is 42.5 Å². The molecule has 134 valence electrons. The van der Waals surface area contributed by atoms with Gasteiger partial charge in [0.25, 0.3) is 11.8 Å². The molecular weight excluding hydrogens is 340 g/mol. The maximum absolute atomic E-state index is 12.9. The highest BCUT2D eigenvalue weighted by molar-refractivity contribution is 6.30. The molecule has 1 atom stereocenters. The summed E-state index contributed by atoms with van der Waals surface area (Å²) in [6, 6.07) is 18.5. The molecule has 0 aliphatic carbocycles. The fourth-order valence-electron chi connectivity index (χ4n) is 3.15. The van der Waals surface area contributed by atoms with Gasteiger partial charge >= 0.3 is 0 Å². The molecule has 0 fully saturated rings. The van der Waals surface area contributed by atoms with Crippen LogP contribution in [0.25, 0.3) is 0 Å². The summed E-state index contributed by atoms with van der Waals surface area (Å²) in [6.45, 7) is 3.57. The van der Waals surface area contributed by atoms with Crippen LogP contribution in [-0.2, 0) is 9.59 Å². The number of hydrazone groups is 2. The molecule has 2 aromatic carbocycles. The Balaban J connectivity index is 1.63. The minimum atomic E-state index is -0.579. The van der Waals surface area contributed by atoms with Crippen molar-refractivity contribution in [2.75, 3.05) is 10.0 Å². The van der Waals surface area contributed by atoms with Gasteiger partial charge in [-0.15, -0.1) is 0 Å². The van der Waals surface area contributed by atoms with Gasteiger partial charge in [-0.2, -0.15) is 20.2 Å². The lowest BCUT2D eigenvalue weighted by Gasteiger charge is -2.13. The van der Waals surface area contributed by atoms with Gasteiger partial charge in [0.1, 0.15) is 0 Å². The molecule has 4 rings (SSSR count). The second-order valence-electron chi connectivity index (χ2n) is 6.42. The van der Waals surface area contributed by atoms with Crippen LogP contribution in [0.4, 0.5) is 11.4 Å². The van der Waals surface area contributed by atoms with Crippen LogP contribution in [0.5, 0.6) is 0 Å². The van der Waals surface area contributed by atoms with Crippen LogP contribution in [-0.4, -0.2) is 23.2 Å². The lowest BCUT2D eigenvalue weighted by atomic mass is 9.98. The molecule has 2 aromatic rings. The van der Waals surface area contributed by atoms with Gasteiger partial charge in [0.15, 0.2) is 0 Å². The number of nitrogens with zero attached hydrogens (tertiary/aromatic N) is 4. The highest BCUT2D eigenvalue weighted by Gasteiger charge is 2.36. The van der Waals surface area contributed by atoms with E-state index in [0.29, 0.717) is 28.4 Å². The normalized spacial score (nSPS) is 21.1. The predicted octanol–water partition coefficient (Wildman–Crippen LogP) is 3.37. The van der Waals surface area contributed by atoms with Crippen molar-refractivity contribution in [3.05, 3.63) is 72.3 Å². The number of hydrogen-bond acceptors (Lipinski definition) is 4. The summed E-state index contributed by atoms with van der Waals surface area (Å²) in [4.78, 5) is 25.7. The molecule has 2 aliphatic rings. The summed E-state index contributed by atoms with van der Waals surface area (Å²) >= 11 is 0. The minimum Gasteiger partial charge on any atom is -0.271 e. The Morgan fingerprint density at radius 3 is 1.96 bits per heavy atom. The van der Waals surface area contributed by atoms with Crippen LogP contribution < -0.4 is 10.0 Å². The monoisotopic (exact) mass is 358 g/mol. The summed E-state index contributed by atoms with van der Waals surface area (Å²) in [5.41, 5.74) is 3.07. The summed E-state index contributed by atoms with van der Waals surface area (Å²) in [5, 5.41) is 11.5. The molecule has 0 unspecified atom stereocenters. The number of hydrogen-bond donors (Lipinski definition) is 0. The molecule has 27 heavy (non-hydrogen) atoms. The van der Waals surface area contributed by atoms with E-state index >= 15 is 0 Å². The van der Waals surface area contributed by atoms with Gasteiger partial charge in [-0.3, -0.25) is 9.59 Å². The van der Waals surface area contributed by atoms with Gasteiger partial charge in [0, 0.05) is 0 Å². The molecule has 2 heterocycles. The average Bonchev–Trinajstić information content (AvgIpc) is 3.14. The molecular formula is C21H18N4O2. The number of anilines is 2. The Kier molecular flexibility index (Phi) is 4.16. The van der Waals surface area contributed by atoms with E-state index in [4.69, 9.17) is 0 Å². The number of para-hydroxylation sites is 2. The van der Waals surface area contributed by atoms with E-state index in [1.165, 1.54) is 10.0 Å². The molecule has 2 amide bonds. The van der Waals surface area contributed by atoms with Crippen molar-refractivity contribution in [1.29, 1.82) is 0 Å². The summed E-state index contributed by atoms with van der Waals surface area (Å²) < 4.78 is 0. The van der Waals surface area contributed by atoms with Crippen molar-refractivity contribution in [1.82, 2.24) is 0 Å². The Labute approximate surface area is 157 Å². The summed E-state index contributed by atoms with van der Waals surface area (Å²) in [5.74, 6) is -0.993. The van der Waals surface area contributed by atoms with E-state index in [9.17, 15) is 9.59 Å². The Morgan fingerprint density at radius 1 is 0.815 bits per heavy atom. The lowest BCUT2D eigenvalue weighted by Crippen LogP contribution is -2.27. The van der Waals surface area contributed by atoms with Crippen molar-refractivity contribution < 1.29 is 9.59 Å². The number of carbonyl (C=O) groups is 2. The highest BCUT2D eigenvalue weighted by atomic mass is 16.2. The smallest absolute Gasteiger partial charge is 0.271 e. The second-order valence-corrected chi connectivity index (χ2v) is 6.42.